The van der Waals surface area contributed by atoms with E-state index in [2.05, 4.69) is 53.2 Å². The van der Waals surface area contributed by atoms with Gasteiger partial charge in [0.05, 0.1) is 47.9 Å². The number of fused-ring (bicyclic) bond motifs is 15. The average molecular weight is 1750 g/mol. The Balaban J connectivity index is 0.963. The Bertz CT molecular complexity index is 5040. The van der Waals surface area contributed by atoms with Crippen LogP contribution in [0, 0.1) is 29.6 Å². The summed E-state index contributed by atoms with van der Waals surface area (Å²) in [5.74, 6) is -13.4. The third kappa shape index (κ3) is 19.0. The van der Waals surface area contributed by atoms with Gasteiger partial charge in [-0.3, -0.25) is 43.7 Å². The Kier molecular flexibility index (Phi) is 26.4. The summed E-state index contributed by atoms with van der Waals surface area (Å²) in [5.41, 5.74) is 3.03. The number of aliphatic hydroxyl groups excluding tert-OH is 6. The van der Waals surface area contributed by atoms with Gasteiger partial charge in [-0.1, -0.05) is 55.2 Å². The smallest absolute Gasteiger partial charge is 0.325 e. The second-order valence-electron chi connectivity index (χ2n) is 33.3. The molecule has 0 radical (unpaired) electrons. The molecule has 15 bridgehead atoms. The Morgan fingerprint density at radius 2 is 1.28 bits per heavy atom. The van der Waals surface area contributed by atoms with Crippen LogP contribution in [0.5, 0.6) is 51.7 Å². The molecule has 7 heterocycles. The third-order valence-corrected chi connectivity index (χ3v) is 24.6. The van der Waals surface area contributed by atoms with Crippen LogP contribution in [0.25, 0.3) is 11.1 Å². The van der Waals surface area contributed by atoms with Crippen LogP contribution in [0.4, 0.5) is 10.5 Å². The van der Waals surface area contributed by atoms with Crippen molar-refractivity contribution in [3.05, 3.63) is 141 Å². The van der Waals surface area contributed by atoms with Gasteiger partial charge < -0.3 is 133 Å². The normalized spacial score (nSPS) is 30.6. The van der Waals surface area contributed by atoms with Gasteiger partial charge in [-0.2, -0.15) is 0 Å². The molecule has 6 fully saturated rings. The number of halogens is 2. The van der Waals surface area contributed by atoms with E-state index in [9.17, 15) is 60.3 Å². The summed E-state index contributed by atoms with van der Waals surface area (Å²) in [6.45, 7) is 7.73. The molecule has 21 N–H and O–H groups in total. The summed E-state index contributed by atoms with van der Waals surface area (Å²) in [6, 6.07) is 4.57. The molecule has 7 aliphatic heterocycles. The molecule has 2 saturated heterocycles. The molecule has 4 aliphatic carbocycles. The first kappa shape index (κ1) is 88.6. The standard InChI is InChI=1S/C85H99Cl2N11O25/c1-7-117-46-13-11-44(12-14-46)90-84(116)92-60(103)31-52-77(110)94-65-43-27-57(119-55-16-9-39(25-49(55)86)69(104)67(81(114)91-52)97-76(109)51(89-6)18-34(2)3)73(123-83-74(72(107)71(106)59(33-99)121-83)122-61-32-85(5,88)75(108)35(4)118-61)58(28-43)120-56-17-10-40(26-50(56)87)70(105)68-82(115)96-66(80(113)93-63-41-20-36-19-37(22-41)23-42(63)21-36)48-29-45(100)30-54(102)62(48)47-24-38(8-15-53(47)101)64(78(111)98-68)95-79(65)112/h8-17,24-30,34-37,41-42,51-52,59,61,63-72,74-75,83,89,99-102,104-108H,7,18-23,31-33,88H2,1-6H3,(H,91,114)(H,93,113)(H,94,110)(H,95,112)(H,96,115)(H,97,109)(H,98,111)(H2,90,92,103,116)/t35-,36?,37?,41?,42?,51+,52-,59+,61-,63?,64+,65+,66-,67+,68-,69+,70+,71+,72-,74+,75+,83-,85-/m0/s1. The molecule has 4 saturated carbocycles. The van der Waals surface area contributed by atoms with E-state index in [1.807, 2.05) is 13.8 Å². The molecule has 123 heavy (non-hydrogen) atoms. The van der Waals surface area contributed by atoms with Crippen molar-refractivity contribution in [1.82, 2.24) is 47.9 Å². The van der Waals surface area contributed by atoms with Crippen molar-refractivity contribution < 1.29 is 122 Å². The first-order chi connectivity index (χ1) is 58.5. The van der Waals surface area contributed by atoms with Crippen LogP contribution in [-0.4, -0.2) is 204 Å². The van der Waals surface area contributed by atoms with Crippen LogP contribution < -0.4 is 77.8 Å². The fraction of sp³-hybridized carbons (Fsp3) is 0.471. The van der Waals surface area contributed by atoms with Crippen molar-refractivity contribution in [2.75, 3.05) is 25.6 Å². The minimum atomic E-state index is -2.42. The molecule has 0 aromatic heterocycles. The summed E-state index contributed by atoms with van der Waals surface area (Å²) < 4.78 is 44.5. The van der Waals surface area contributed by atoms with Crippen LogP contribution >= 0.6 is 23.2 Å². The summed E-state index contributed by atoms with van der Waals surface area (Å²) in [7, 11) is 1.47. The Morgan fingerprint density at radius 3 is 1.89 bits per heavy atom. The topological polar surface area (TPSA) is 547 Å². The number of nitrogens with one attached hydrogen (secondary N) is 10. The van der Waals surface area contributed by atoms with Crippen LogP contribution in [0.1, 0.15) is 144 Å². The molecule has 38 heteroatoms. The number of urea groups is 1. The van der Waals surface area contributed by atoms with Gasteiger partial charge in [-0.25, -0.2) is 4.79 Å². The number of likely N-dealkylation sites (N-methyl/N-ethyl adjacent to an activating group) is 1. The second kappa shape index (κ2) is 36.6. The maximum atomic E-state index is 16.6. The lowest BCUT2D eigenvalue weighted by atomic mass is 9.54. The predicted molar refractivity (Wildman–Crippen MR) is 436 cm³/mol. The number of aromatic hydroxyl groups is 3. The van der Waals surface area contributed by atoms with Gasteiger partial charge in [-0.15, -0.1) is 0 Å². The molecule has 36 nitrogen and oxygen atoms in total. The van der Waals surface area contributed by atoms with Gasteiger partial charge in [0, 0.05) is 40.9 Å². The van der Waals surface area contributed by atoms with E-state index in [4.69, 9.17) is 62.1 Å². The number of carbonyl (C=O) groups is 9. The summed E-state index contributed by atoms with van der Waals surface area (Å²) in [5, 5.41) is 132. The first-order valence-electron chi connectivity index (χ1n) is 40.6. The van der Waals surface area contributed by atoms with Crippen molar-refractivity contribution in [1.29, 1.82) is 0 Å². The summed E-state index contributed by atoms with van der Waals surface area (Å²) in [4.78, 5) is 138. The number of phenolic OH excluding ortho intramolecular Hbond substituents is 3. The molecule has 17 rings (SSSR count). The van der Waals surface area contributed by atoms with E-state index in [-0.39, 0.29) is 86.2 Å². The number of anilines is 1. The van der Waals surface area contributed by atoms with Gasteiger partial charge in [0.2, 0.25) is 59.3 Å². The monoisotopic (exact) mass is 1740 g/mol. The molecule has 18 atom stereocenters. The quantitative estimate of drug-likeness (QED) is 0.0607. The van der Waals surface area contributed by atoms with Gasteiger partial charge in [0.25, 0.3) is 0 Å². The summed E-state index contributed by atoms with van der Waals surface area (Å²) in [6.07, 6.45) is -14.6. The average Bonchev–Trinajstić information content (AvgIpc) is 0.756. The molecule has 6 aromatic rings. The largest absolute Gasteiger partial charge is 0.508 e. The number of hydrogen-bond acceptors (Lipinski definition) is 27. The van der Waals surface area contributed by atoms with Crippen molar-refractivity contribution in [2.24, 2.45) is 35.3 Å². The lowest BCUT2D eigenvalue weighted by molar-refractivity contribution is -0.333. The van der Waals surface area contributed by atoms with Crippen molar-refractivity contribution in [3.63, 3.8) is 0 Å². The van der Waals surface area contributed by atoms with Crippen LogP contribution in [0.15, 0.2) is 103 Å². The molecule has 11 aliphatic rings. The lowest BCUT2D eigenvalue weighted by Crippen LogP contribution is -2.64. The molecule has 658 valence electrons. The van der Waals surface area contributed by atoms with E-state index in [0.717, 1.165) is 86.7 Å². The van der Waals surface area contributed by atoms with Gasteiger partial charge in [-0.05, 0) is 203 Å². The van der Waals surface area contributed by atoms with E-state index in [0.29, 0.717) is 24.2 Å². The van der Waals surface area contributed by atoms with E-state index < -0.39 is 227 Å². The maximum absolute atomic E-state index is 16.6. The van der Waals surface area contributed by atoms with E-state index in [1.165, 1.54) is 69.4 Å². The molecule has 0 spiro atoms. The first-order valence-corrected chi connectivity index (χ1v) is 41.4. The van der Waals surface area contributed by atoms with E-state index in [1.54, 1.807) is 6.92 Å². The van der Waals surface area contributed by atoms with Crippen LogP contribution in [0.2, 0.25) is 10.0 Å². The minimum Gasteiger partial charge on any atom is -0.508 e. The lowest BCUT2D eigenvalue weighted by Gasteiger charge is -2.54. The number of phenols is 3. The molecule has 0 unspecified atom stereocenters. The van der Waals surface area contributed by atoms with Crippen LogP contribution in [0.3, 0.4) is 0 Å². The zero-order chi connectivity index (χ0) is 88.1. The van der Waals surface area contributed by atoms with Crippen molar-refractivity contribution in [3.8, 4) is 62.9 Å². The number of benzene rings is 6. The molecule has 6 aromatic carbocycles. The highest BCUT2D eigenvalue weighted by molar-refractivity contribution is 6.32. The number of hydrogen-bond donors (Lipinski definition) is 20. The number of aliphatic hydroxyl groups is 6. The van der Waals surface area contributed by atoms with Crippen molar-refractivity contribution >= 4 is 82.2 Å². The number of imide groups is 1. The van der Waals surface area contributed by atoms with Gasteiger partial charge >= 0.3 is 6.03 Å². The third-order valence-electron chi connectivity index (χ3n) is 24.0. The fourth-order valence-electron chi connectivity index (χ4n) is 18.0. The van der Waals surface area contributed by atoms with Crippen molar-refractivity contribution in [2.45, 2.75) is 201 Å². The number of ether oxygens (including phenoxy) is 7. The molecule has 10 amide bonds. The van der Waals surface area contributed by atoms with Crippen LogP contribution in [-0.2, 0) is 52.6 Å². The highest BCUT2D eigenvalue weighted by Crippen LogP contribution is 2.55. The Hall–Kier alpha value is -10.7. The second-order valence-corrected chi connectivity index (χ2v) is 34.1. The zero-order valence-electron chi connectivity index (χ0n) is 67.6. The predicted octanol–water partition coefficient (Wildman–Crippen LogP) is 4.22. The SMILES string of the molecule is CCOc1ccc(NC(=O)NC(=O)C[C@@H]2NC(=O)[C@H](NC(=O)[C@@H](CC(C)C)NC)[C@H](O)c3ccc(c(Cl)c3)Oc3cc4cc(c3O[C@@H]3O[C@H](CO)[C@@H](O)[C@H](O)[C@H]3O[C@H]3C[C@](C)(N)[C@H](O)[C@H](C)O3)Oc3ccc(cc3Cl)[C@@H](O)[C@@H]3NC(=O)[C@H](NC(=O)[C@@H]4NC2=O)c2ccc(O)c(c2)-c2c(O)cc(O)cc2[C@@H](C(=O)NC2C4CC5CC(C4)CC2C5)NC3=O)cc1. The number of rotatable bonds is 17. The number of amides is 10. The van der Waals surface area contributed by atoms with Gasteiger partial charge in [0.15, 0.2) is 23.9 Å². The Morgan fingerprint density at radius 1 is 0.667 bits per heavy atom. The highest BCUT2D eigenvalue weighted by atomic mass is 35.5. The number of carbonyl (C=O) groups excluding carboxylic acids is 9. The highest BCUT2D eigenvalue weighted by Gasteiger charge is 2.53. The fourth-order valence-corrected chi connectivity index (χ4v) is 18.5. The maximum Gasteiger partial charge on any atom is 0.325 e. The molecular weight excluding hydrogens is 1650 g/mol. The Labute approximate surface area is 714 Å². The summed E-state index contributed by atoms with van der Waals surface area (Å²) >= 11 is 14.5. The number of nitrogens with two attached hydrogens (primary N) is 1. The van der Waals surface area contributed by atoms with E-state index >= 15 is 28.8 Å². The molecular formula is C85H99Cl2N11O25. The minimum absolute atomic E-state index is 0.0539. The van der Waals surface area contributed by atoms with Gasteiger partial charge in [0.1, 0.15) is 101 Å². The zero-order valence-corrected chi connectivity index (χ0v) is 69.1.